The second-order valence-electron chi connectivity index (χ2n) is 2.80. The molecule has 0 saturated carbocycles. The Balaban J connectivity index is 0. The molecule has 0 radical (unpaired) electrons. The minimum atomic E-state index is -1.16. The van der Waals surface area contributed by atoms with Gasteiger partial charge in [0.15, 0.2) is 0 Å². The van der Waals surface area contributed by atoms with E-state index < -0.39 is 11.9 Å². The van der Waals surface area contributed by atoms with Gasteiger partial charge in [0.2, 0.25) is 0 Å². The molecular formula is C10H16N3NaO3. The molecule has 0 aliphatic rings. The third kappa shape index (κ3) is 15.2. The second kappa shape index (κ2) is 13.2. The van der Waals surface area contributed by atoms with Crippen molar-refractivity contribution >= 4 is 11.9 Å². The fraction of sp³-hybridized carbons (Fsp3) is 0.400. The number of nitrogens with zero attached hydrogens (tertiary/aromatic N) is 1. The van der Waals surface area contributed by atoms with Crippen molar-refractivity contribution in [1.82, 2.24) is 10.6 Å². The molecule has 0 aliphatic heterocycles. The van der Waals surface area contributed by atoms with Crippen LogP contribution in [-0.4, -0.2) is 43.2 Å². The predicted molar refractivity (Wildman–Crippen MR) is 60.1 cm³/mol. The van der Waals surface area contributed by atoms with Crippen LogP contribution in [0.2, 0.25) is 0 Å². The summed E-state index contributed by atoms with van der Waals surface area (Å²) in [6.07, 6.45) is 3.31. The first-order valence-corrected chi connectivity index (χ1v) is 4.84. The summed E-state index contributed by atoms with van der Waals surface area (Å²) < 4.78 is 0. The van der Waals surface area contributed by atoms with Gasteiger partial charge in [-0.3, -0.25) is 4.99 Å². The average molecular weight is 249 g/mol. The quantitative estimate of drug-likeness (QED) is 0.126. The molecule has 0 aromatic carbocycles. The van der Waals surface area contributed by atoms with Crippen molar-refractivity contribution in [2.75, 3.05) is 26.2 Å². The van der Waals surface area contributed by atoms with Crippen LogP contribution < -0.4 is 45.3 Å². The first-order valence-electron chi connectivity index (χ1n) is 4.84. The zero-order valence-corrected chi connectivity index (χ0v) is 12.0. The maximum atomic E-state index is 10.9. The summed E-state index contributed by atoms with van der Waals surface area (Å²) in [7, 11) is 0. The van der Waals surface area contributed by atoms with E-state index in [0.29, 0.717) is 13.1 Å². The van der Waals surface area contributed by atoms with E-state index in [4.69, 9.17) is 5.11 Å². The first-order chi connectivity index (χ1) is 7.66. The van der Waals surface area contributed by atoms with Crippen molar-refractivity contribution in [3.8, 4) is 0 Å². The number of nitrogens with one attached hydrogen (secondary N) is 2. The average Bonchev–Trinajstić information content (AvgIpc) is 2.25. The van der Waals surface area contributed by atoms with Gasteiger partial charge in [-0.2, -0.15) is 0 Å². The van der Waals surface area contributed by atoms with Crippen molar-refractivity contribution in [1.29, 1.82) is 0 Å². The van der Waals surface area contributed by atoms with Gasteiger partial charge in [0.25, 0.3) is 0 Å². The van der Waals surface area contributed by atoms with Crippen LogP contribution in [0.3, 0.4) is 0 Å². The van der Waals surface area contributed by atoms with Gasteiger partial charge < -0.3 is 20.8 Å². The number of carboxylic acids is 1. The summed E-state index contributed by atoms with van der Waals surface area (Å²) in [6.45, 7) is 5.91. The molecule has 0 aromatic rings. The monoisotopic (exact) mass is 249 g/mol. The van der Waals surface area contributed by atoms with E-state index in [1.807, 2.05) is 0 Å². The van der Waals surface area contributed by atoms with E-state index >= 15 is 0 Å². The van der Waals surface area contributed by atoms with Crippen molar-refractivity contribution in [3.63, 3.8) is 0 Å². The normalized spacial score (nSPS) is 10.9. The Kier molecular flexibility index (Phi) is 14.4. The minimum Gasteiger partial charge on any atom is -0.859 e. The molecule has 17 heavy (non-hydrogen) atoms. The maximum Gasteiger partial charge on any atom is 1.00 e. The van der Waals surface area contributed by atoms with Gasteiger partial charge in [-0.05, 0) is 18.2 Å². The molecule has 0 atom stereocenters. The van der Waals surface area contributed by atoms with Crippen LogP contribution in [0.15, 0.2) is 29.9 Å². The topological polar surface area (TPSA) is 96.8 Å². The summed E-state index contributed by atoms with van der Waals surface area (Å²) >= 11 is 0. The van der Waals surface area contributed by atoms with Crippen LogP contribution in [0.1, 0.15) is 0 Å². The van der Waals surface area contributed by atoms with E-state index in [1.165, 1.54) is 0 Å². The van der Waals surface area contributed by atoms with Gasteiger partial charge in [0, 0.05) is 25.7 Å². The molecule has 0 amide bonds. The van der Waals surface area contributed by atoms with Crippen molar-refractivity contribution < 1.29 is 44.6 Å². The molecule has 0 spiro atoms. The van der Waals surface area contributed by atoms with Crippen LogP contribution in [0.4, 0.5) is 0 Å². The number of carbonyl (C=O) groups is 1. The van der Waals surface area contributed by atoms with Crippen molar-refractivity contribution in [3.05, 3.63) is 24.9 Å². The zero-order chi connectivity index (χ0) is 12.2. The van der Waals surface area contributed by atoms with E-state index in [0.717, 1.165) is 25.2 Å². The van der Waals surface area contributed by atoms with E-state index in [1.54, 1.807) is 6.20 Å². The molecule has 3 N–H and O–H groups in total. The van der Waals surface area contributed by atoms with Gasteiger partial charge >= 0.3 is 35.5 Å². The summed E-state index contributed by atoms with van der Waals surface area (Å²) in [5.74, 6) is -1.69. The third-order valence-corrected chi connectivity index (χ3v) is 1.52. The maximum absolute atomic E-state index is 10.9. The third-order valence-electron chi connectivity index (χ3n) is 1.52. The number of aliphatic imine (C=N–C) groups is 1. The van der Waals surface area contributed by atoms with Gasteiger partial charge in [-0.15, -0.1) is 0 Å². The molecular weight excluding hydrogens is 233 g/mol. The summed E-state index contributed by atoms with van der Waals surface area (Å²) in [5.41, 5.74) is 0. The van der Waals surface area contributed by atoms with Gasteiger partial charge in [0.1, 0.15) is 0 Å². The van der Waals surface area contributed by atoms with Crippen LogP contribution in [0.5, 0.6) is 0 Å². The van der Waals surface area contributed by atoms with Crippen LogP contribution >= 0.6 is 0 Å². The zero-order valence-electron chi connectivity index (χ0n) is 9.98. The molecule has 0 heterocycles. The molecule has 0 aromatic heterocycles. The standard InChI is InChI=1S/C10H17N3O3.Na/c1-2-11-5-6-12-7-8-13-9(14)3-4-10(15)16;/h2-4,11-12H,1,5-8H2,(H,13,14)(H,15,16);/q;+1/p-1/b4-3+;. The van der Waals surface area contributed by atoms with Gasteiger partial charge in [0.05, 0.1) is 6.54 Å². The SMILES string of the molecule is C=CNCCNCCN=C([O-])/C=C/C(=O)O.[Na+]. The Bertz CT molecular complexity index is 280. The smallest absolute Gasteiger partial charge is 0.859 e. The summed E-state index contributed by atoms with van der Waals surface area (Å²) in [4.78, 5) is 13.7. The molecule has 0 fully saturated rings. The molecule has 0 unspecified atom stereocenters. The predicted octanol–water partition coefficient (Wildman–Crippen LogP) is -4.29. The van der Waals surface area contributed by atoms with E-state index in [-0.39, 0.29) is 29.6 Å². The molecule has 6 nitrogen and oxygen atoms in total. The summed E-state index contributed by atoms with van der Waals surface area (Å²) in [5, 5.41) is 25.1. The Labute approximate surface area is 123 Å². The molecule has 0 saturated heterocycles. The Morgan fingerprint density at radius 3 is 2.65 bits per heavy atom. The van der Waals surface area contributed by atoms with Crippen molar-refractivity contribution in [2.24, 2.45) is 4.99 Å². The molecule has 0 bridgehead atoms. The second-order valence-corrected chi connectivity index (χ2v) is 2.80. The molecule has 0 rings (SSSR count). The largest absolute Gasteiger partial charge is 1.00 e. The van der Waals surface area contributed by atoms with E-state index in [2.05, 4.69) is 22.2 Å². The minimum absolute atomic E-state index is 0. The van der Waals surface area contributed by atoms with Crippen molar-refractivity contribution in [2.45, 2.75) is 0 Å². The molecule has 0 aliphatic carbocycles. The molecule has 7 heteroatoms. The van der Waals surface area contributed by atoms with Crippen LogP contribution in [0, 0.1) is 0 Å². The summed E-state index contributed by atoms with van der Waals surface area (Å²) in [6, 6.07) is 0. The van der Waals surface area contributed by atoms with Gasteiger partial charge in [-0.1, -0.05) is 6.58 Å². The number of hydrogen-bond acceptors (Lipinski definition) is 5. The van der Waals surface area contributed by atoms with Crippen LogP contribution in [-0.2, 0) is 4.79 Å². The molecule has 90 valence electrons. The first kappa shape index (κ1) is 18.5. The van der Waals surface area contributed by atoms with Crippen LogP contribution in [0.25, 0.3) is 0 Å². The number of aliphatic carboxylic acids is 1. The fourth-order valence-corrected chi connectivity index (χ4v) is 0.828. The Morgan fingerprint density at radius 1 is 1.35 bits per heavy atom. The van der Waals surface area contributed by atoms with E-state index in [9.17, 15) is 9.90 Å². The Hall–Kier alpha value is -0.820. The fourth-order valence-electron chi connectivity index (χ4n) is 0.828. The number of carboxylic acid groups (broad SMARTS) is 1. The van der Waals surface area contributed by atoms with Gasteiger partial charge in [-0.25, -0.2) is 4.79 Å². The number of rotatable bonds is 9. The number of hydrogen-bond donors (Lipinski definition) is 3. The Morgan fingerprint density at radius 2 is 2.06 bits per heavy atom.